The second-order valence-corrected chi connectivity index (χ2v) is 14.1. The van der Waals surface area contributed by atoms with Crippen molar-refractivity contribution in [2.24, 2.45) is 47.3 Å². The van der Waals surface area contributed by atoms with Crippen molar-refractivity contribution in [1.82, 2.24) is 15.1 Å². The minimum Gasteiger partial charge on any atom is -0.340 e. The first-order valence-corrected chi connectivity index (χ1v) is 15.1. The molecule has 3 saturated carbocycles. The maximum atomic E-state index is 12.4. The Kier molecular flexibility index (Phi) is 6.54. The van der Waals surface area contributed by atoms with Crippen molar-refractivity contribution in [2.75, 3.05) is 20.1 Å². The molecule has 0 aromatic carbocycles. The minimum absolute atomic E-state index is 0.315. The molecule has 3 aliphatic heterocycles. The van der Waals surface area contributed by atoms with Crippen LogP contribution < -0.4 is 5.32 Å². The average Bonchev–Trinajstić information content (AvgIpc) is 2.92. The summed E-state index contributed by atoms with van der Waals surface area (Å²) in [7, 11) is 2.44. The molecule has 0 aromatic rings. The molecule has 12 unspecified atom stereocenters. The number of amides is 1. The van der Waals surface area contributed by atoms with E-state index < -0.39 is 0 Å². The molecule has 3 aliphatic carbocycles. The summed E-state index contributed by atoms with van der Waals surface area (Å²) in [5.74, 6) is 7.26. The summed E-state index contributed by atoms with van der Waals surface area (Å²) in [4.78, 5) is 17.4. The highest BCUT2D eigenvalue weighted by Crippen LogP contribution is 2.52. The Morgan fingerprint density at radius 3 is 2.47 bits per heavy atom. The second kappa shape index (κ2) is 9.36. The van der Waals surface area contributed by atoms with E-state index in [2.05, 4.69) is 36.0 Å². The molecule has 1 N–H and O–H groups in total. The lowest BCUT2D eigenvalue weighted by molar-refractivity contribution is -0.137. The van der Waals surface area contributed by atoms with Crippen molar-refractivity contribution in [2.45, 2.75) is 116 Å². The molecule has 6 aliphatic rings. The molecule has 0 spiro atoms. The van der Waals surface area contributed by atoms with Crippen LogP contribution >= 0.6 is 0 Å². The molecule has 12 atom stereocenters. The number of carbonyl (C=O) groups is 1. The Hall–Kier alpha value is -0.610. The monoisotopic (exact) mass is 469 g/mol. The van der Waals surface area contributed by atoms with Crippen LogP contribution in [-0.4, -0.2) is 60.0 Å². The van der Waals surface area contributed by atoms with Gasteiger partial charge in [-0.15, -0.1) is 0 Å². The largest absolute Gasteiger partial charge is 0.340 e. The quantitative estimate of drug-likeness (QED) is 0.606. The van der Waals surface area contributed by atoms with E-state index in [9.17, 15) is 4.79 Å². The number of nitrogens with one attached hydrogen (secondary N) is 1. The summed E-state index contributed by atoms with van der Waals surface area (Å²) in [5, 5.41) is 4.33. The van der Waals surface area contributed by atoms with Crippen molar-refractivity contribution >= 4 is 5.91 Å². The van der Waals surface area contributed by atoms with Crippen molar-refractivity contribution in [3.63, 3.8) is 0 Å². The Labute approximate surface area is 209 Å². The fourth-order valence-electron chi connectivity index (χ4n) is 10.6. The number of carbonyl (C=O) groups excluding carboxylic acids is 1. The molecule has 3 heterocycles. The normalized spacial score (nSPS) is 51.2. The Morgan fingerprint density at radius 2 is 1.65 bits per heavy atom. The van der Waals surface area contributed by atoms with Gasteiger partial charge in [-0.1, -0.05) is 13.8 Å². The van der Waals surface area contributed by atoms with Gasteiger partial charge in [-0.05, 0) is 125 Å². The summed E-state index contributed by atoms with van der Waals surface area (Å²) >= 11 is 0. The van der Waals surface area contributed by atoms with Crippen molar-refractivity contribution < 1.29 is 4.79 Å². The second-order valence-electron chi connectivity index (χ2n) is 14.1. The summed E-state index contributed by atoms with van der Waals surface area (Å²) in [5.41, 5.74) is 0. The predicted molar refractivity (Wildman–Crippen MR) is 138 cm³/mol. The maximum Gasteiger partial charge on any atom is 0.219 e. The Morgan fingerprint density at radius 1 is 0.853 bits per heavy atom. The zero-order chi connectivity index (χ0) is 23.6. The number of nitrogens with zero attached hydrogens (tertiary/aromatic N) is 2. The van der Waals surface area contributed by atoms with Gasteiger partial charge >= 0.3 is 0 Å². The fraction of sp³-hybridized carbons (Fsp3) is 0.967. The molecular weight excluding hydrogens is 418 g/mol. The van der Waals surface area contributed by atoms with Gasteiger partial charge < -0.3 is 15.1 Å². The standard InChI is InChI=1S/C30H51N3O/c1-18-11-22-16-28-25(23-15-27(22)29(12-18)32(4)17-23)8-7-24(31-28)14-21-10-19(2)13-30-26(21)6-5-9-33(30)20(3)34/h18-19,21-31H,5-17H2,1-4H3. The first-order chi connectivity index (χ1) is 16.4. The van der Waals surface area contributed by atoms with Gasteiger partial charge in [0.15, 0.2) is 0 Å². The van der Waals surface area contributed by atoms with E-state index in [1.165, 1.54) is 77.2 Å². The summed E-state index contributed by atoms with van der Waals surface area (Å²) in [6.45, 7) is 9.11. The summed E-state index contributed by atoms with van der Waals surface area (Å²) in [6, 6.07) is 2.84. The van der Waals surface area contributed by atoms with Crippen LogP contribution in [0, 0.1) is 47.3 Å². The zero-order valence-corrected chi connectivity index (χ0v) is 22.4. The smallest absolute Gasteiger partial charge is 0.219 e. The number of hydrogen-bond acceptors (Lipinski definition) is 3. The van der Waals surface area contributed by atoms with Crippen LogP contribution in [0.15, 0.2) is 0 Å². The van der Waals surface area contributed by atoms with Gasteiger partial charge in [-0.25, -0.2) is 0 Å². The van der Waals surface area contributed by atoms with Crippen LogP contribution in [0.1, 0.15) is 91.4 Å². The van der Waals surface area contributed by atoms with Gasteiger partial charge in [0.05, 0.1) is 0 Å². The van der Waals surface area contributed by atoms with Gasteiger partial charge in [0, 0.05) is 44.2 Å². The van der Waals surface area contributed by atoms with E-state index in [0.717, 1.165) is 66.0 Å². The molecular formula is C30H51N3O. The van der Waals surface area contributed by atoms with Crippen LogP contribution in [0.25, 0.3) is 0 Å². The number of rotatable bonds is 2. The molecule has 1 amide bonds. The van der Waals surface area contributed by atoms with Crippen LogP contribution in [0.3, 0.4) is 0 Å². The molecule has 34 heavy (non-hydrogen) atoms. The van der Waals surface area contributed by atoms with Crippen molar-refractivity contribution in [3.05, 3.63) is 0 Å². The first kappa shape index (κ1) is 23.8. The number of likely N-dealkylation sites (tertiary alicyclic amines) is 2. The summed E-state index contributed by atoms with van der Waals surface area (Å²) in [6.07, 6.45) is 15.3. The van der Waals surface area contributed by atoms with Crippen LogP contribution in [0.2, 0.25) is 0 Å². The molecule has 6 rings (SSSR count). The zero-order valence-electron chi connectivity index (χ0n) is 22.4. The van der Waals surface area contributed by atoms with Crippen LogP contribution in [0.4, 0.5) is 0 Å². The van der Waals surface area contributed by atoms with Crippen molar-refractivity contribution in [3.8, 4) is 0 Å². The van der Waals surface area contributed by atoms with Gasteiger partial charge in [0.2, 0.25) is 5.91 Å². The van der Waals surface area contributed by atoms with Crippen LogP contribution in [-0.2, 0) is 4.79 Å². The molecule has 6 fully saturated rings. The lowest BCUT2D eigenvalue weighted by Gasteiger charge is -2.51. The third-order valence-corrected chi connectivity index (χ3v) is 11.9. The summed E-state index contributed by atoms with van der Waals surface area (Å²) < 4.78 is 0. The fourth-order valence-corrected chi connectivity index (χ4v) is 10.6. The minimum atomic E-state index is 0.315. The van der Waals surface area contributed by atoms with Gasteiger partial charge in [0.25, 0.3) is 0 Å². The van der Waals surface area contributed by atoms with Gasteiger partial charge in [-0.3, -0.25) is 4.79 Å². The molecule has 3 saturated heterocycles. The van der Waals surface area contributed by atoms with E-state index in [1.807, 2.05) is 0 Å². The Bertz CT molecular complexity index is 755. The lowest BCUT2D eigenvalue weighted by Crippen LogP contribution is -2.55. The van der Waals surface area contributed by atoms with E-state index in [4.69, 9.17) is 0 Å². The molecule has 2 bridgehead atoms. The van der Waals surface area contributed by atoms with E-state index in [0.29, 0.717) is 18.0 Å². The first-order valence-electron chi connectivity index (χ1n) is 15.1. The van der Waals surface area contributed by atoms with Crippen molar-refractivity contribution in [1.29, 1.82) is 0 Å². The average molecular weight is 470 g/mol. The lowest BCUT2D eigenvalue weighted by atomic mass is 9.65. The number of piperidine rings is 3. The third-order valence-electron chi connectivity index (χ3n) is 11.9. The van der Waals surface area contributed by atoms with Gasteiger partial charge in [0.1, 0.15) is 0 Å². The Balaban J connectivity index is 1.16. The molecule has 4 heteroatoms. The van der Waals surface area contributed by atoms with Gasteiger partial charge in [-0.2, -0.15) is 0 Å². The molecule has 0 radical (unpaired) electrons. The highest BCUT2D eigenvalue weighted by molar-refractivity contribution is 5.73. The topological polar surface area (TPSA) is 35.6 Å². The molecule has 4 nitrogen and oxygen atoms in total. The highest BCUT2D eigenvalue weighted by Gasteiger charge is 2.51. The SMILES string of the molecule is CC(=O)N1CCCC2C(CC3CCC4C5CC6C(CC(C)CC6N(C)C5)CC4N3)CC(C)CC21. The number of fused-ring (bicyclic) bond motifs is 4. The third kappa shape index (κ3) is 4.27. The molecule has 192 valence electrons. The van der Waals surface area contributed by atoms with E-state index in [-0.39, 0.29) is 0 Å². The van der Waals surface area contributed by atoms with Crippen LogP contribution in [0.5, 0.6) is 0 Å². The van der Waals surface area contributed by atoms with E-state index >= 15 is 0 Å². The van der Waals surface area contributed by atoms with E-state index in [1.54, 1.807) is 6.92 Å². The molecule has 0 aromatic heterocycles. The maximum absolute atomic E-state index is 12.4. The predicted octanol–water partition coefficient (Wildman–Crippen LogP) is 5.17. The highest BCUT2D eigenvalue weighted by atomic mass is 16.2. The number of hydrogen-bond donors (Lipinski definition) is 1.